The molecule has 5 rings (SSSR count). The molecule has 1 aromatic rings. The van der Waals surface area contributed by atoms with Crippen LogP contribution in [-0.2, 0) is 19.1 Å². The highest BCUT2D eigenvalue weighted by Crippen LogP contribution is 2.67. The first-order valence-electron chi connectivity index (χ1n) is 13.4. The number of allylic oxidation sites excluding steroid dienone is 4. The first-order chi connectivity index (χ1) is 16.7. The third-order valence-electron chi connectivity index (χ3n) is 10.4. The van der Waals surface area contributed by atoms with Crippen molar-refractivity contribution in [3.8, 4) is 0 Å². The average Bonchev–Trinajstić information content (AvgIpc) is 3.14. The molecule has 0 unspecified atom stereocenters. The topological polar surface area (TPSA) is 60.4 Å². The predicted octanol–water partition coefficient (Wildman–Crippen LogP) is 6.36. The van der Waals surface area contributed by atoms with Crippen molar-refractivity contribution < 1.29 is 19.1 Å². The Hall–Kier alpha value is -2.49. The number of hydrogen-bond donors (Lipinski definition) is 0. The van der Waals surface area contributed by atoms with Gasteiger partial charge >= 0.3 is 5.97 Å². The zero-order chi connectivity index (χ0) is 25.0. The number of fused-ring (bicyclic) bond motifs is 5. The van der Waals surface area contributed by atoms with Crippen LogP contribution in [0.25, 0.3) is 0 Å². The molecule has 4 nitrogen and oxygen atoms in total. The molecule has 0 aliphatic heterocycles. The normalized spacial score (nSPS) is 38.6. The largest absolute Gasteiger partial charge is 0.450 e. The summed E-state index contributed by atoms with van der Waals surface area (Å²) in [6.45, 7) is 8.14. The lowest BCUT2D eigenvalue weighted by atomic mass is 9.48. The van der Waals surface area contributed by atoms with Crippen LogP contribution >= 0.6 is 0 Å². The molecule has 35 heavy (non-hydrogen) atoms. The van der Waals surface area contributed by atoms with Gasteiger partial charge in [-0.1, -0.05) is 63.3 Å². The number of carbonyl (C=O) groups is 3. The predicted molar refractivity (Wildman–Crippen MR) is 136 cm³/mol. The maximum atomic E-state index is 13.6. The number of rotatable bonds is 5. The van der Waals surface area contributed by atoms with Gasteiger partial charge < -0.3 is 4.74 Å². The van der Waals surface area contributed by atoms with E-state index < -0.39 is 11.0 Å². The molecule has 0 amide bonds. The molecule has 0 N–H and O–H groups in total. The lowest BCUT2D eigenvalue weighted by Crippen LogP contribution is -2.58. The molecule has 4 aliphatic rings. The summed E-state index contributed by atoms with van der Waals surface area (Å²) < 4.78 is 6.40. The summed E-state index contributed by atoms with van der Waals surface area (Å²) in [4.78, 5) is 39.0. The molecule has 0 saturated heterocycles. The maximum Gasteiger partial charge on any atom is 0.314 e. The van der Waals surface area contributed by atoms with Crippen LogP contribution in [0.3, 0.4) is 0 Å². The fourth-order valence-electron chi connectivity index (χ4n) is 8.28. The third kappa shape index (κ3) is 3.50. The quantitative estimate of drug-likeness (QED) is 0.466. The van der Waals surface area contributed by atoms with E-state index in [9.17, 15) is 14.4 Å². The van der Waals surface area contributed by atoms with E-state index >= 15 is 0 Å². The molecule has 1 aromatic carbocycles. The molecule has 0 aromatic heterocycles. The van der Waals surface area contributed by atoms with Crippen LogP contribution in [0.5, 0.6) is 0 Å². The SMILES string of the molecule is CC[C@H](C(=O)O[C@@]1(C(C)=O)CC[C@@H]2[C@H]3C=CC4=CC(=O)CC[C@]4(C)[C@@H]3CC[C@]21C)c1ccccc1. The molecule has 7 atom stereocenters. The zero-order valence-corrected chi connectivity index (χ0v) is 21.5. The highest BCUT2D eigenvalue weighted by atomic mass is 16.6. The highest BCUT2D eigenvalue weighted by molar-refractivity contribution is 5.92. The van der Waals surface area contributed by atoms with Gasteiger partial charge in [-0.25, -0.2) is 0 Å². The zero-order valence-electron chi connectivity index (χ0n) is 21.5. The number of ketones is 2. The summed E-state index contributed by atoms with van der Waals surface area (Å²) in [5.74, 6) is 0.631. The Kier molecular flexibility index (Phi) is 5.93. The maximum absolute atomic E-state index is 13.6. The second-order valence-electron chi connectivity index (χ2n) is 11.8. The number of esters is 1. The molecule has 2 saturated carbocycles. The Morgan fingerprint density at radius 1 is 1.06 bits per heavy atom. The van der Waals surface area contributed by atoms with Gasteiger partial charge in [0.15, 0.2) is 17.2 Å². The number of ether oxygens (including phenoxy) is 1. The van der Waals surface area contributed by atoms with Gasteiger partial charge in [-0.2, -0.15) is 0 Å². The number of carbonyl (C=O) groups excluding carboxylic acids is 3. The van der Waals surface area contributed by atoms with Gasteiger partial charge in [0.2, 0.25) is 0 Å². The van der Waals surface area contributed by atoms with E-state index in [0.29, 0.717) is 31.1 Å². The minimum atomic E-state index is -1.07. The van der Waals surface area contributed by atoms with E-state index in [-0.39, 0.29) is 34.8 Å². The van der Waals surface area contributed by atoms with Crippen molar-refractivity contribution in [1.29, 1.82) is 0 Å². The van der Waals surface area contributed by atoms with Crippen molar-refractivity contribution >= 4 is 17.5 Å². The van der Waals surface area contributed by atoms with Crippen molar-refractivity contribution in [2.45, 2.75) is 84.2 Å². The van der Waals surface area contributed by atoms with Crippen LogP contribution in [0.4, 0.5) is 0 Å². The fraction of sp³-hybridized carbons (Fsp3) is 0.581. The van der Waals surface area contributed by atoms with Gasteiger partial charge in [-0.15, -0.1) is 0 Å². The van der Waals surface area contributed by atoms with Crippen molar-refractivity contribution in [1.82, 2.24) is 0 Å². The molecule has 0 spiro atoms. The lowest BCUT2D eigenvalue weighted by Gasteiger charge is -2.57. The van der Waals surface area contributed by atoms with Gasteiger partial charge in [-0.05, 0) is 85.8 Å². The standard InChI is InChI=1S/C31H38O4/c1-5-24(21-9-7-6-8-10-21)28(34)35-31(20(2)32)18-15-27-25-12-11-22-19-23(33)13-16-29(22,3)26(25)14-17-30(27,31)4/h6-12,19,24-27H,5,13-18H2,1-4H3/t24-,25-,26+,27+,29-,30+,31+/m0/s1. The molecule has 2 fully saturated rings. The van der Waals surface area contributed by atoms with Crippen LogP contribution in [0, 0.1) is 28.6 Å². The summed E-state index contributed by atoms with van der Waals surface area (Å²) >= 11 is 0. The van der Waals surface area contributed by atoms with Crippen molar-refractivity contribution in [2.24, 2.45) is 28.6 Å². The first-order valence-corrected chi connectivity index (χ1v) is 13.4. The fourth-order valence-corrected chi connectivity index (χ4v) is 8.28. The molecule has 186 valence electrons. The van der Waals surface area contributed by atoms with E-state index in [1.165, 1.54) is 5.57 Å². The average molecular weight is 475 g/mol. The summed E-state index contributed by atoms with van der Waals surface area (Å²) in [6.07, 6.45) is 11.8. The van der Waals surface area contributed by atoms with Crippen LogP contribution in [0.2, 0.25) is 0 Å². The summed E-state index contributed by atoms with van der Waals surface area (Å²) in [5, 5.41) is 0. The summed E-state index contributed by atoms with van der Waals surface area (Å²) in [7, 11) is 0. The number of hydrogen-bond acceptors (Lipinski definition) is 4. The smallest absolute Gasteiger partial charge is 0.314 e. The molecule has 4 aliphatic carbocycles. The molecular formula is C31H38O4. The Morgan fingerprint density at radius 2 is 1.77 bits per heavy atom. The van der Waals surface area contributed by atoms with E-state index in [2.05, 4.69) is 26.0 Å². The monoisotopic (exact) mass is 474 g/mol. The van der Waals surface area contributed by atoms with Gasteiger partial charge in [0.1, 0.15) is 0 Å². The minimum Gasteiger partial charge on any atom is -0.450 e. The van der Waals surface area contributed by atoms with Gasteiger partial charge in [-0.3, -0.25) is 14.4 Å². The molecule has 0 heterocycles. The van der Waals surface area contributed by atoms with Crippen molar-refractivity contribution in [3.05, 3.63) is 59.7 Å². The van der Waals surface area contributed by atoms with E-state index in [1.807, 2.05) is 43.3 Å². The van der Waals surface area contributed by atoms with Crippen molar-refractivity contribution in [3.63, 3.8) is 0 Å². The summed E-state index contributed by atoms with van der Waals surface area (Å²) in [6, 6.07) is 9.76. The Balaban J connectivity index is 1.47. The van der Waals surface area contributed by atoms with Crippen LogP contribution in [-0.4, -0.2) is 23.1 Å². The van der Waals surface area contributed by atoms with E-state index in [0.717, 1.165) is 31.2 Å². The van der Waals surface area contributed by atoms with E-state index in [1.54, 1.807) is 6.92 Å². The van der Waals surface area contributed by atoms with Gasteiger partial charge in [0.05, 0.1) is 5.92 Å². The molecule has 4 heteroatoms. The number of Topliss-reactive ketones (excluding diaryl/α,β-unsaturated/α-hetero) is 1. The van der Waals surface area contributed by atoms with Crippen LogP contribution < -0.4 is 0 Å². The molecular weight excluding hydrogens is 436 g/mol. The van der Waals surface area contributed by atoms with Gasteiger partial charge in [0.25, 0.3) is 0 Å². The van der Waals surface area contributed by atoms with Gasteiger partial charge in [0, 0.05) is 11.8 Å². The minimum absolute atomic E-state index is 0.00736. The lowest BCUT2D eigenvalue weighted by molar-refractivity contribution is -0.188. The second kappa shape index (κ2) is 8.57. The van der Waals surface area contributed by atoms with Crippen LogP contribution in [0.15, 0.2) is 54.1 Å². The first kappa shape index (κ1) is 24.2. The Morgan fingerprint density at radius 3 is 2.46 bits per heavy atom. The second-order valence-corrected chi connectivity index (χ2v) is 11.8. The molecule has 0 radical (unpaired) electrons. The third-order valence-corrected chi connectivity index (χ3v) is 10.4. The summed E-state index contributed by atoms with van der Waals surface area (Å²) in [5.41, 5.74) is 0.658. The Bertz CT molecular complexity index is 1100. The van der Waals surface area contributed by atoms with Crippen LogP contribution in [0.1, 0.15) is 84.1 Å². The van der Waals surface area contributed by atoms with E-state index in [4.69, 9.17) is 4.74 Å². The molecule has 0 bridgehead atoms. The number of benzene rings is 1. The highest BCUT2D eigenvalue weighted by Gasteiger charge is 2.67. The van der Waals surface area contributed by atoms with Crippen molar-refractivity contribution in [2.75, 3.05) is 0 Å². The Labute approximate surface area is 209 Å².